The largest absolute Gasteiger partial charge is 0.508 e. The number of carboxylic acid groups (broad SMARTS) is 1. The average Bonchev–Trinajstić information content (AvgIpc) is 2.98. The molecule has 0 aromatic heterocycles. The van der Waals surface area contributed by atoms with Crippen molar-refractivity contribution in [2.75, 3.05) is 5.32 Å². The fourth-order valence-electron chi connectivity index (χ4n) is 2.72. The van der Waals surface area contributed by atoms with E-state index in [-0.39, 0.29) is 5.75 Å². The highest BCUT2D eigenvalue weighted by Crippen LogP contribution is 2.39. The van der Waals surface area contributed by atoms with Gasteiger partial charge in [-0.3, -0.25) is 9.59 Å². The second-order valence-electron chi connectivity index (χ2n) is 4.88. The number of carboxylic acids is 1. The molecule has 0 saturated carbocycles. The van der Waals surface area contributed by atoms with E-state index in [1.54, 1.807) is 24.3 Å². The number of carbonyl (C=O) groups excluding carboxylic acids is 1. The number of phenolic OH excluding ortho intramolecular Hbond substituents is 1. The van der Waals surface area contributed by atoms with Gasteiger partial charge in [-0.1, -0.05) is 18.2 Å². The number of amides is 1. The summed E-state index contributed by atoms with van der Waals surface area (Å²) < 4.78 is 5.44. The zero-order chi connectivity index (χ0) is 14.3. The molecule has 2 heterocycles. The van der Waals surface area contributed by atoms with E-state index in [9.17, 15) is 19.8 Å². The number of benzene rings is 1. The fraction of sp³-hybridized carbons (Fsp3) is 0.286. The Morgan fingerprint density at radius 1 is 1.15 bits per heavy atom. The van der Waals surface area contributed by atoms with Crippen molar-refractivity contribution in [1.29, 1.82) is 0 Å². The maximum Gasteiger partial charge on any atom is 0.310 e. The number of hydrogen-bond acceptors (Lipinski definition) is 4. The van der Waals surface area contributed by atoms with Gasteiger partial charge in [0.05, 0.1) is 18.1 Å². The Hall–Kier alpha value is -2.34. The molecule has 0 spiro atoms. The summed E-state index contributed by atoms with van der Waals surface area (Å²) >= 11 is 0. The molecule has 3 N–H and O–H groups in total. The van der Waals surface area contributed by atoms with E-state index in [1.165, 1.54) is 12.1 Å². The van der Waals surface area contributed by atoms with Gasteiger partial charge in [-0.25, -0.2) is 0 Å². The van der Waals surface area contributed by atoms with Crippen LogP contribution >= 0.6 is 0 Å². The molecule has 1 amide bonds. The smallest absolute Gasteiger partial charge is 0.310 e. The predicted octanol–water partition coefficient (Wildman–Crippen LogP) is 0.985. The fourth-order valence-corrected chi connectivity index (χ4v) is 2.72. The van der Waals surface area contributed by atoms with E-state index in [2.05, 4.69) is 5.32 Å². The molecular formula is C14H13NO5. The van der Waals surface area contributed by atoms with Crippen molar-refractivity contribution in [2.24, 2.45) is 11.8 Å². The maximum absolute atomic E-state index is 12.3. The normalized spacial score (nSPS) is 30.4. The minimum Gasteiger partial charge on any atom is -0.508 e. The van der Waals surface area contributed by atoms with E-state index < -0.39 is 35.9 Å². The van der Waals surface area contributed by atoms with Crippen molar-refractivity contribution in [3.8, 4) is 5.75 Å². The van der Waals surface area contributed by atoms with Gasteiger partial charge < -0.3 is 20.3 Å². The summed E-state index contributed by atoms with van der Waals surface area (Å²) in [7, 11) is 0. The quantitative estimate of drug-likeness (QED) is 0.715. The molecule has 2 aliphatic heterocycles. The lowest BCUT2D eigenvalue weighted by Gasteiger charge is -2.21. The van der Waals surface area contributed by atoms with E-state index in [0.29, 0.717) is 5.69 Å². The SMILES string of the molecule is O=C(Nc1cccc(O)c1)[C@@H]1[C@H](C(=O)O)[C@H]2C=C[C@H]1O2. The Kier molecular flexibility index (Phi) is 2.94. The van der Waals surface area contributed by atoms with Crippen LogP contribution < -0.4 is 5.32 Å². The zero-order valence-electron chi connectivity index (χ0n) is 10.4. The molecule has 1 saturated heterocycles. The number of anilines is 1. The third-order valence-corrected chi connectivity index (χ3v) is 3.60. The molecular weight excluding hydrogens is 262 g/mol. The first kappa shape index (κ1) is 12.7. The van der Waals surface area contributed by atoms with Gasteiger partial charge in [0.1, 0.15) is 11.7 Å². The highest BCUT2D eigenvalue weighted by Gasteiger charge is 2.53. The number of phenols is 1. The maximum atomic E-state index is 12.3. The lowest BCUT2D eigenvalue weighted by molar-refractivity contribution is -0.145. The summed E-state index contributed by atoms with van der Waals surface area (Å²) in [4.78, 5) is 23.5. The highest BCUT2D eigenvalue weighted by atomic mass is 16.5. The molecule has 1 fully saturated rings. The second-order valence-corrected chi connectivity index (χ2v) is 4.88. The van der Waals surface area contributed by atoms with E-state index >= 15 is 0 Å². The summed E-state index contributed by atoms with van der Waals surface area (Å²) in [6.45, 7) is 0. The molecule has 2 aliphatic rings. The molecule has 3 rings (SSSR count). The number of hydrogen-bond donors (Lipinski definition) is 3. The molecule has 0 unspecified atom stereocenters. The summed E-state index contributed by atoms with van der Waals surface area (Å²) in [5.74, 6) is -3.06. The third kappa shape index (κ3) is 2.04. The summed E-state index contributed by atoms with van der Waals surface area (Å²) in [5.41, 5.74) is 0.422. The van der Waals surface area contributed by atoms with Gasteiger partial charge >= 0.3 is 5.97 Å². The molecule has 2 bridgehead atoms. The molecule has 6 heteroatoms. The van der Waals surface area contributed by atoms with Crippen molar-refractivity contribution < 1.29 is 24.5 Å². The standard InChI is InChI=1S/C14H13NO5/c16-8-3-1-2-7(6-8)15-13(17)11-9-4-5-10(20-9)12(11)14(18)19/h1-6,9-12,16H,(H,15,17)(H,18,19)/t9-,10-,11+,12-/m1/s1. The van der Waals surface area contributed by atoms with Crippen LogP contribution in [0, 0.1) is 11.8 Å². The highest BCUT2D eigenvalue weighted by molar-refractivity contribution is 5.96. The molecule has 1 aromatic rings. The van der Waals surface area contributed by atoms with Gasteiger partial charge in [-0.05, 0) is 12.1 Å². The van der Waals surface area contributed by atoms with Gasteiger partial charge in [-0.15, -0.1) is 0 Å². The number of aliphatic carboxylic acids is 1. The van der Waals surface area contributed by atoms with Crippen molar-refractivity contribution in [3.63, 3.8) is 0 Å². The van der Waals surface area contributed by atoms with E-state index in [4.69, 9.17) is 4.74 Å². The monoisotopic (exact) mass is 275 g/mol. The zero-order valence-corrected chi connectivity index (χ0v) is 10.4. The third-order valence-electron chi connectivity index (χ3n) is 3.60. The summed E-state index contributed by atoms with van der Waals surface area (Å²) in [5, 5.41) is 21.2. The van der Waals surface area contributed by atoms with Crippen LogP contribution in [0.2, 0.25) is 0 Å². The molecule has 20 heavy (non-hydrogen) atoms. The second kappa shape index (κ2) is 4.64. The minimum absolute atomic E-state index is 0.0293. The van der Waals surface area contributed by atoms with Gasteiger partial charge in [0.25, 0.3) is 0 Å². The van der Waals surface area contributed by atoms with Crippen molar-refractivity contribution >= 4 is 17.6 Å². The molecule has 0 aliphatic carbocycles. The van der Waals surface area contributed by atoms with Crippen LogP contribution in [0.15, 0.2) is 36.4 Å². The Morgan fingerprint density at radius 2 is 1.85 bits per heavy atom. The van der Waals surface area contributed by atoms with Gasteiger partial charge in [0.2, 0.25) is 5.91 Å². The first-order chi connectivity index (χ1) is 9.56. The van der Waals surface area contributed by atoms with Gasteiger partial charge in [-0.2, -0.15) is 0 Å². The number of carbonyl (C=O) groups is 2. The van der Waals surface area contributed by atoms with Crippen LogP contribution in [0.4, 0.5) is 5.69 Å². The van der Waals surface area contributed by atoms with Crippen LogP contribution in [0.5, 0.6) is 5.75 Å². The Morgan fingerprint density at radius 3 is 2.50 bits per heavy atom. The van der Waals surface area contributed by atoms with Crippen molar-refractivity contribution in [1.82, 2.24) is 0 Å². The number of nitrogens with one attached hydrogen (secondary N) is 1. The molecule has 6 nitrogen and oxygen atoms in total. The lowest BCUT2D eigenvalue weighted by atomic mass is 9.82. The van der Waals surface area contributed by atoms with Gasteiger partial charge in [0.15, 0.2) is 0 Å². The number of fused-ring (bicyclic) bond motifs is 2. The van der Waals surface area contributed by atoms with Crippen molar-refractivity contribution in [2.45, 2.75) is 12.2 Å². The number of ether oxygens (including phenoxy) is 1. The van der Waals surface area contributed by atoms with Crippen LogP contribution in [-0.4, -0.2) is 34.3 Å². The minimum atomic E-state index is -1.04. The summed E-state index contributed by atoms with van der Waals surface area (Å²) in [6.07, 6.45) is 2.36. The van der Waals surface area contributed by atoms with Crippen LogP contribution in [0.3, 0.4) is 0 Å². The number of aromatic hydroxyl groups is 1. The van der Waals surface area contributed by atoms with E-state index in [1.807, 2.05) is 0 Å². The van der Waals surface area contributed by atoms with Crippen LogP contribution in [0.1, 0.15) is 0 Å². The predicted molar refractivity (Wildman–Crippen MR) is 69.2 cm³/mol. The van der Waals surface area contributed by atoms with E-state index in [0.717, 1.165) is 0 Å². The first-order valence-corrected chi connectivity index (χ1v) is 6.23. The lowest BCUT2D eigenvalue weighted by Crippen LogP contribution is -2.39. The van der Waals surface area contributed by atoms with Crippen molar-refractivity contribution in [3.05, 3.63) is 36.4 Å². The average molecular weight is 275 g/mol. The Labute approximate surface area is 114 Å². The van der Waals surface area contributed by atoms with Crippen LogP contribution in [0.25, 0.3) is 0 Å². The molecule has 1 aromatic carbocycles. The Bertz CT molecular complexity index is 597. The van der Waals surface area contributed by atoms with Crippen LogP contribution in [-0.2, 0) is 14.3 Å². The number of rotatable bonds is 3. The topological polar surface area (TPSA) is 95.9 Å². The molecule has 4 atom stereocenters. The molecule has 0 radical (unpaired) electrons. The Balaban J connectivity index is 1.80. The first-order valence-electron chi connectivity index (χ1n) is 6.23. The summed E-state index contributed by atoms with van der Waals surface area (Å²) in [6, 6.07) is 6.10. The van der Waals surface area contributed by atoms with Gasteiger partial charge in [0, 0.05) is 11.8 Å². The molecule has 104 valence electrons.